The van der Waals surface area contributed by atoms with E-state index in [2.05, 4.69) is 18.8 Å². The van der Waals surface area contributed by atoms with Crippen LogP contribution in [0.25, 0.3) is 0 Å². The van der Waals surface area contributed by atoms with Crippen LogP contribution in [-0.2, 0) is 6.42 Å². The van der Waals surface area contributed by atoms with E-state index in [0.29, 0.717) is 10.8 Å². The van der Waals surface area contributed by atoms with Gasteiger partial charge in [-0.3, -0.25) is 4.98 Å². The second-order valence-corrected chi connectivity index (χ2v) is 6.98. The predicted octanol–water partition coefficient (Wildman–Crippen LogP) is 3.23. The van der Waals surface area contributed by atoms with Crippen molar-refractivity contribution in [2.24, 2.45) is 16.6 Å². The lowest BCUT2D eigenvalue weighted by Crippen LogP contribution is -2.38. The Labute approximate surface area is 102 Å². The SMILES string of the molecule is CC1(C)CCC(CN)(Cc2cncs2)CC1. The highest BCUT2D eigenvalue weighted by molar-refractivity contribution is 7.09. The van der Waals surface area contributed by atoms with Crippen LogP contribution >= 0.6 is 11.3 Å². The highest BCUT2D eigenvalue weighted by Crippen LogP contribution is 2.46. The number of nitrogens with two attached hydrogens (primary N) is 1. The summed E-state index contributed by atoms with van der Waals surface area (Å²) < 4.78 is 0. The minimum absolute atomic E-state index is 0.349. The molecular formula is C13H22N2S. The highest BCUT2D eigenvalue weighted by Gasteiger charge is 2.37. The van der Waals surface area contributed by atoms with Gasteiger partial charge in [-0.25, -0.2) is 0 Å². The molecule has 2 nitrogen and oxygen atoms in total. The van der Waals surface area contributed by atoms with Crippen LogP contribution < -0.4 is 5.73 Å². The zero-order chi connectivity index (χ0) is 11.6. The zero-order valence-corrected chi connectivity index (χ0v) is 11.1. The van der Waals surface area contributed by atoms with Crippen molar-refractivity contribution in [3.05, 3.63) is 16.6 Å². The predicted molar refractivity (Wildman–Crippen MR) is 69.6 cm³/mol. The van der Waals surface area contributed by atoms with E-state index in [0.717, 1.165) is 13.0 Å². The van der Waals surface area contributed by atoms with Crippen molar-refractivity contribution < 1.29 is 0 Å². The van der Waals surface area contributed by atoms with Crippen molar-refractivity contribution >= 4 is 11.3 Å². The van der Waals surface area contributed by atoms with Crippen LogP contribution in [0.1, 0.15) is 44.4 Å². The molecule has 16 heavy (non-hydrogen) atoms. The first-order chi connectivity index (χ1) is 7.55. The molecular weight excluding hydrogens is 216 g/mol. The van der Waals surface area contributed by atoms with E-state index < -0.39 is 0 Å². The number of nitrogens with zero attached hydrogens (tertiary/aromatic N) is 1. The fourth-order valence-electron chi connectivity index (χ4n) is 2.61. The van der Waals surface area contributed by atoms with Gasteiger partial charge in [-0.15, -0.1) is 11.3 Å². The van der Waals surface area contributed by atoms with E-state index in [-0.39, 0.29) is 0 Å². The normalized spacial score (nSPS) is 23.2. The van der Waals surface area contributed by atoms with Crippen molar-refractivity contribution in [3.8, 4) is 0 Å². The van der Waals surface area contributed by atoms with Crippen molar-refractivity contribution in [2.75, 3.05) is 6.54 Å². The molecule has 0 spiro atoms. The Balaban J connectivity index is 2.04. The van der Waals surface area contributed by atoms with Gasteiger partial charge in [-0.05, 0) is 49.5 Å². The maximum atomic E-state index is 6.03. The van der Waals surface area contributed by atoms with Gasteiger partial charge in [0.2, 0.25) is 0 Å². The standard InChI is InChI=1S/C13H22N2S/c1-12(2)3-5-13(9-14,6-4-12)7-11-8-15-10-16-11/h8,10H,3-7,9,14H2,1-2H3. The molecule has 1 aliphatic carbocycles. The molecule has 0 amide bonds. The molecule has 1 heterocycles. The topological polar surface area (TPSA) is 38.9 Å². The number of thiazole rings is 1. The third kappa shape index (κ3) is 2.64. The zero-order valence-electron chi connectivity index (χ0n) is 10.3. The Hall–Kier alpha value is -0.410. The lowest BCUT2D eigenvalue weighted by atomic mass is 9.64. The molecule has 0 aromatic carbocycles. The summed E-state index contributed by atoms with van der Waals surface area (Å²) in [5, 5.41) is 0. The molecule has 1 fully saturated rings. The van der Waals surface area contributed by atoms with E-state index in [9.17, 15) is 0 Å². The van der Waals surface area contributed by atoms with Gasteiger partial charge < -0.3 is 5.73 Å². The fraction of sp³-hybridized carbons (Fsp3) is 0.769. The summed E-state index contributed by atoms with van der Waals surface area (Å²) in [5.74, 6) is 0. The van der Waals surface area contributed by atoms with Gasteiger partial charge >= 0.3 is 0 Å². The third-order valence-corrected chi connectivity index (χ3v) is 4.91. The van der Waals surface area contributed by atoms with Gasteiger partial charge in [0.05, 0.1) is 5.51 Å². The molecule has 90 valence electrons. The van der Waals surface area contributed by atoms with Crippen LogP contribution in [0.2, 0.25) is 0 Å². The summed E-state index contributed by atoms with van der Waals surface area (Å²) in [4.78, 5) is 5.55. The molecule has 0 saturated heterocycles. The molecule has 2 N–H and O–H groups in total. The van der Waals surface area contributed by atoms with Gasteiger partial charge in [-0.2, -0.15) is 0 Å². The van der Waals surface area contributed by atoms with Crippen LogP contribution in [0.4, 0.5) is 0 Å². The van der Waals surface area contributed by atoms with Crippen LogP contribution in [0, 0.1) is 10.8 Å². The molecule has 3 heteroatoms. The minimum Gasteiger partial charge on any atom is -0.330 e. The molecule has 1 aromatic heterocycles. The van der Waals surface area contributed by atoms with Crippen LogP contribution in [-0.4, -0.2) is 11.5 Å². The molecule has 1 saturated carbocycles. The van der Waals surface area contributed by atoms with Gasteiger partial charge in [0.15, 0.2) is 0 Å². The summed E-state index contributed by atoms with van der Waals surface area (Å²) in [6.45, 7) is 5.57. The second kappa shape index (κ2) is 4.46. The average Bonchev–Trinajstić information content (AvgIpc) is 2.74. The maximum absolute atomic E-state index is 6.03. The molecule has 1 aromatic rings. The molecule has 0 aliphatic heterocycles. The number of hydrogen-bond donors (Lipinski definition) is 1. The Morgan fingerprint density at radius 2 is 2.00 bits per heavy atom. The molecule has 0 radical (unpaired) electrons. The fourth-order valence-corrected chi connectivity index (χ4v) is 3.38. The first-order valence-electron chi connectivity index (χ1n) is 6.13. The van der Waals surface area contributed by atoms with E-state index >= 15 is 0 Å². The van der Waals surface area contributed by atoms with E-state index in [4.69, 9.17) is 5.73 Å². The van der Waals surface area contributed by atoms with Crippen molar-refractivity contribution in [1.82, 2.24) is 4.98 Å². The van der Waals surface area contributed by atoms with Gasteiger partial charge in [0.1, 0.15) is 0 Å². The first-order valence-corrected chi connectivity index (χ1v) is 7.01. The van der Waals surface area contributed by atoms with Gasteiger partial charge in [0.25, 0.3) is 0 Å². The Bertz CT molecular complexity index is 320. The monoisotopic (exact) mass is 238 g/mol. The van der Waals surface area contributed by atoms with Gasteiger partial charge in [0, 0.05) is 11.1 Å². The molecule has 1 aliphatic rings. The van der Waals surface area contributed by atoms with Crippen LogP contribution in [0.15, 0.2) is 11.7 Å². The Morgan fingerprint density at radius 3 is 2.50 bits per heavy atom. The molecule has 0 unspecified atom stereocenters. The second-order valence-electron chi connectivity index (χ2n) is 6.01. The summed E-state index contributed by atoms with van der Waals surface area (Å²) in [7, 11) is 0. The van der Waals surface area contributed by atoms with Gasteiger partial charge in [-0.1, -0.05) is 13.8 Å². The summed E-state index contributed by atoms with van der Waals surface area (Å²) in [6, 6.07) is 0. The molecule has 2 rings (SSSR count). The Kier molecular flexibility index (Phi) is 3.36. The minimum atomic E-state index is 0.349. The number of hydrogen-bond acceptors (Lipinski definition) is 3. The molecule has 0 bridgehead atoms. The Morgan fingerprint density at radius 1 is 1.31 bits per heavy atom. The summed E-state index contributed by atoms with van der Waals surface area (Å²) in [5.41, 5.74) is 8.82. The van der Waals surface area contributed by atoms with Crippen LogP contribution in [0.3, 0.4) is 0 Å². The largest absolute Gasteiger partial charge is 0.330 e. The van der Waals surface area contributed by atoms with Crippen molar-refractivity contribution in [1.29, 1.82) is 0 Å². The van der Waals surface area contributed by atoms with Crippen LogP contribution in [0.5, 0.6) is 0 Å². The number of rotatable bonds is 3. The maximum Gasteiger partial charge on any atom is 0.0794 e. The van der Waals surface area contributed by atoms with Crippen molar-refractivity contribution in [2.45, 2.75) is 46.0 Å². The lowest BCUT2D eigenvalue weighted by molar-refractivity contribution is 0.108. The van der Waals surface area contributed by atoms with E-state index in [1.54, 1.807) is 11.3 Å². The average molecular weight is 238 g/mol. The first kappa shape index (κ1) is 12.1. The number of aromatic nitrogens is 1. The summed E-state index contributed by atoms with van der Waals surface area (Å²) >= 11 is 1.76. The van der Waals surface area contributed by atoms with E-state index in [1.165, 1.54) is 30.6 Å². The third-order valence-electron chi connectivity index (χ3n) is 4.13. The lowest BCUT2D eigenvalue weighted by Gasteiger charge is -2.43. The molecule has 0 atom stereocenters. The quantitative estimate of drug-likeness (QED) is 0.878. The smallest absolute Gasteiger partial charge is 0.0794 e. The van der Waals surface area contributed by atoms with Crippen molar-refractivity contribution in [3.63, 3.8) is 0 Å². The summed E-state index contributed by atoms with van der Waals surface area (Å²) in [6.07, 6.45) is 8.29. The van der Waals surface area contributed by atoms with E-state index in [1.807, 2.05) is 11.7 Å². The highest BCUT2D eigenvalue weighted by atomic mass is 32.1.